The van der Waals surface area contributed by atoms with Crippen LogP contribution < -0.4 is 5.73 Å². The van der Waals surface area contributed by atoms with Gasteiger partial charge in [-0.05, 0) is 78.8 Å². The van der Waals surface area contributed by atoms with Gasteiger partial charge in [0.1, 0.15) is 0 Å². The summed E-state index contributed by atoms with van der Waals surface area (Å²) < 4.78 is 0. The first-order valence-electron chi connectivity index (χ1n) is 6.52. The molecule has 2 rings (SSSR count). The molecular weight excluding hydrogens is 254 g/mol. The van der Waals surface area contributed by atoms with E-state index in [2.05, 4.69) is 33.8 Å². The molecule has 2 N–H and O–H groups in total. The maximum atomic E-state index is 6.17. The van der Waals surface area contributed by atoms with Crippen LogP contribution in [0.15, 0.2) is 24.3 Å². The number of benzene rings is 2. The van der Waals surface area contributed by atoms with Crippen molar-refractivity contribution in [1.29, 1.82) is 0 Å². The van der Waals surface area contributed by atoms with Crippen LogP contribution in [-0.4, -0.2) is 0 Å². The Bertz CT molecular complexity index is 603. The van der Waals surface area contributed by atoms with Crippen LogP contribution in [0.4, 0.5) is 0 Å². The Hall–Kier alpha value is -1.31. The molecular formula is C17H20ClN. The fraction of sp³-hybridized carbons (Fsp3) is 0.294. The van der Waals surface area contributed by atoms with Gasteiger partial charge in [0, 0.05) is 11.6 Å². The molecule has 0 aliphatic carbocycles. The van der Waals surface area contributed by atoms with Crippen molar-refractivity contribution in [3.05, 3.63) is 57.1 Å². The third kappa shape index (κ3) is 2.54. The normalized spacial score (nSPS) is 10.8. The summed E-state index contributed by atoms with van der Waals surface area (Å²) in [5, 5.41) is 0.755. The van der Waals surface area contributed by atoms with Crippen LogP contribution >= 0.6 is 11.6 Å². The van der Waals surface area contributed by atoms with E-state index in [1.54, 1.807) is 0 Å². The van der Waals surface area contributed by atoms with Gasteiger partial charge in [0.2, 0.25) is 0 Å². The molecule has 2 aromatic rings. The van der Waals surface area contributed by atoms with Gasteiger partial charge < -0.3 is 5.73 Å². The first-order chi connectivity index (χ1) is 8.95. The maximum Gasteiger partial charge on any atom is 0.0412 e. The van der Waals surface area contributed by atoms with Crippen LogP contribution in [0.25, 0.3) is 11.1 Å². The summed E-state index contributed by atoms with van der Waals surface area (Å²) in [6.07, 6.45) is 0. The smallest absolute Gasteiger partial charge is 0.0412 e. The topological polar surface area (TPSA) is 26.0 Å². The highest BCUT2D eigenvalue weighted by atomic mass is 35.5. The molecule has 0 saturated heterocycles. The standard InChI is InChI=1S/C17H20ClN/c1-10-7-11(2)13(4)17(12(10)3)16-8-15(18)6-5-14(16)9-19/h5-8H,9,19H2,1-4H3. The lowest BCUT2D eigenvalue weighted by atomic mass is 9.87. The Morgan fingerprint density at radius 3 is 2.05 bits per heavy atom. The molecule has 0 aliphatic rings. The molecule has 2 heteroatoms. The second-order valence-electron chi connectivity index (χ2n) is 5.14. The van der Waals surface area contributed by atoms with Gasteiger partial charge in [-0.2, -0.15) is 0 Å². The van der Waals surface area contributed by atoms with Gasteiger partial charge in [0.05, 0.1) is 0 Å². The predicted molar refractivity (Wildman–Crippen MR) is 83.7 cm³/mol. The van der Waals surface area contributed by atoms with E-state index in [1.165, 1.54) is 27.8 Å². The molecule has 0 fully saturated rings. The fourth-order valence-corrected chi connectivity index (χ4v) is 2.75. The van der Waals surface area contributed by atoms with E-state index in [9.17, 15) is 0 Å². The van der Waals surface area contributed by atoms with Crippen LogP contribution in [0.2, 0.25) is 5.02 Å². The molecule has 0 aliphatic heterocycles. The van der Waals surface area contributed by atoms with E-state index in [4.69, 9.17) is 17.3 Å². The Labute approximate surface area is 120 Å². The summed E-state index contributed by atoms with van der Waals surface area (Å²) in [6.45, 7) is 9.16. The molecule has 0 radical (unpaired) electrons. The van der Waals surface area contributed by atoms with Crippen molar-refractivity contribution in [2.45, 2.75) is 34.2 Å². The quantitative estimate of drug-likeness (QED) is 0.843. The number of aryl methyl sites for hydroxylation is 2. The van der Waals surface area contributed by atoms with E-state index in [0.29, 0.717) is 6.54 Å². The van der Waals surface area contributed by atoms with Crippen molar-refractivity contribution in [1.82, 2.24) is 0 Å². The van der Waals surface area contributed by atoms with E-state index >= 15 is 0 Å². The van der Waals surface area contributed by atoms with Gasteiger partial charge in [-0.1, -0.05) is 23.7 Å². The highest BCUT2D eigenvalue weighted by molar-refractivity contribution is 6.30. The summed E-state index contributed by atoms with van der Waals surface area (Å²) in [5.41, 5.74) is 14.7. The molecule has 0 saturated carbocycles. The zero-order chi connectivity index (χ0) is 14.2. The summed E-state index contributed by atoms with van der Waals surface area (Å²) in [6, 6.07) is 8.19. The number of rotatable bonds is 2. The molecule has 0 heterocycles. The minimum absolute atomic E-state index is 0.526. The Balaban J connectivity index is 2.82. The van der Waals surface area contributed by atoms with Crippen molar-refractivity contribution in [3.63, 3.8) is 0 Å². The van der Waals surface area contributed by atoms with E-state index < -0.39 is 0 Å². The van der Waals surface area contributed by atoms with Crippen molar-refractivity contribution >= 4 is 11.6 Å². The zero-order valence-electron chi connectivity index (χ0n) is 12.0. The molecule has 2 aromatic carbocycles. The van der Waals surface area contributed by atoms with Crippen molar-refractivity contribution < 1.29 is 0 Å². The molecule has 100 valence electrons. The SMILES string of the molecule is Cc1cc(C)c(C)c(-c2cc(Cl)ccc2CN)c1C. The molecule has 0 unspecified atom stereocenters. The van der Waals surface area contributed by atoms with Gasteiger partial charge in [-0.15, -0.1) is 0 Å². The van der Waals surface area contributed by atoms with E-state index in [0.717, 1.165) is 16.1 Å². The molecule has 0 amide bonds. The summed E-state index contributed by atoms with van der Waals surface area (Å²) in [7, 11) is 0. The Morgan fingerprint density at radius 1 is 0.947 bits per heavy atom. The van der Waals surface area contributed by atoms with Gasteiger partial charge >= 0.3 is 0 Å². The Kier molecular flexibility index (Phi) is 3.98. The van der Waals surface area contributed by atoms with Crippen LogP contribution in [0, 0.1) is 27.7 Å². The minimum atomic E-state index is 0.526. The average Bonchev–Trinajstić information content (AvgIpc) is 2.37. The van der Waals surface area contributed by atoms with E-state index in [1.807, 2.05) is 18.2 Å². The molecule has 19 heavy (non-hydrogen) atoms. The molecule has 0 spiro atoms. The van der Waals surface area contributed by atoms with Crippen LogP contribution in [0.5, 0.6) is 0 Å². The zero-order valence-corrected chi connectivity index (χ0v) is 12.7. The van der Waals surface area contributed by atoms with Crippen LogP contribution in [-0.2, 0) is 6.54 Å². The number of halogens is 1. The summed E-state index contributed by atoms with van der Waals surface area (Å²) in [5.74, 6) is 0. The summed E-state index contributed by atoms with van der Waals surface area (Å²) in [4.78, 5) is 0. The second kappa shape index (κ2) is 5.36. The number of nitrogens with two attached hydrogens (primary N) is 1. The monoisotopic (exact) mass is 273 g/mol. The maximum absolute atomic E-state index is 6.17. The number of hydrogen-bond acceptors (Lipinski definition) is 1. The molecule has 0 bridgehead atoms. The van der Waals surface area contributed by atoms with Gasteiger partial charge in [-0.25, -0.2) is 0 Å². The van der Waals surface area contributed by atoms with Crippen LogP contribution in [0.3, 0.4) is 0 Å². The van der Waals surface area contributed by atoms with E-state index in [-0.39, 0.29) is 0 Å². The lowest BCUT2D eigenvalue weighted by Gasteiger charge is -2.18. The third-order valence-corrected chi connectivity index (χ3v) is 4.16. The first-order valence-corrected chi connectivity index (χ1v) is 6.89. The summed E-state index contributed by atoms with van der Waals surface area (Å²) >= 11 is 6.17. The minimum Gasteiger partial charge on any atom is -0.326 e. The van der Waals surface area contributed by atoms with Gasteiger partial charge in [-0.3, -0.25) is 0 Å². The second-order valence-corrected chi connectivity index (χ2v) is 5.58. The number of hydrogen-bond donors (Lipinski definition) is 1. The van der Waals surface area contributed by atoms with Crippen molar-refractivity contribution in [3.8, 4) is 11.1 Å². The highest BCUT2D eigenvalue weighted by Gasteiger charge is 2.13. The lowest BCUT2D eigenvalue weighted by Crippen LogP contribution is -2.02. The van der Waals surface area contributed by atoms with Gasteiger partial charge in [0.15, 0.2) is 0 Å². The van der Waals surface area contributed by atoms with Crippen LogP contribution in [0.1, 0.15) is 27.8 Å². The third-order valence-electron chi connectivity index (χ3n) is 3.93. The molecule has 1 nitrogen and oxygen atoms in total. The Morgan fingerprint density at radius 2 is 1.53 bits per heavy atom. The largest absolute Gasteiger partial charge is 0.326 e. The van der Waals surface area contributed by atoms with Crippen molar-refractivity contribution in [2.24, 2.45) is 5.73 Å². The van der Waals surface area contributed by atoms with Gasteiger partial charge in [0.25, 0.3) is 0 Å². The predicted octanol–water partition coefficient (Wildman–Crippen LogP) is 4.70. The lowest BCUT2D eigenvalue weighted by molar-refractivity contribution is 1.07. The average molecular weight is 274 g/mol. The molecule has 0 atom stereocenters. The first kappa shape index (κ1) is 14.1. The van der Waals surface area contributed by atoms with Crippen molar-refractivity contribution in [2.75, 3.05) is 0 Å². The molecule has 0 aromatic heterocycles. The highest BCUT2D eigenvalue weighted by Crippen LogP contribution is 2.35. The fourth-order valence-electron chi connectivity index (χ4n) is 2.58.